The fourth-order valence-electron chi connectivity index (χ4n) is 3.22. The van der Waals surface area contributed by atoms with Crippen molar-refractivity contribution in [3.8, 4) is 0 Å². The third kappa shape index (κ3) is 4.09. The highest BCUT2D eigenvalue weighted by atomic mass is 35.5. The average Bonchev–Trinajstić information content (AvgIpc) is 3.09. The zero-order valence-corrected chi connectivity index (χ0v) is 14.7. The minimum Gasteiger partial charge on any atom is -0.337 e. The quantitative estimate of drug-likeness (QED) is 0.921. The molecule has 0 bridgehead atoms. The molecule has 128 valence electrons. The summed E-state index contributed by atoms with van der Waals surface area (Å²) in [6, 6.07) is 5.79. The summed E-state index contributed by atoms with van der Waals surface area (Å²) < 4.78 is 2.08. The molecular weight excluding hydrogens is 324 g/mol. The summed E-state index contributed by atoms with van der Waals surface area (Å²) in [6.45, 7) is 5.01. The number of benzene rings is 1. The summed E-state index contributed by atoms with van der Waals surface area (Å²) in [6.07, 6.45) is 7.79. The second-order valence-electron chi connectivity index (χ2n) is 6.40. The summed E-state index contributed by atoms with van der Waals surface area (Å²) in [4.78, 5) is 18.5. The third-order valence-electron chi connectivity index (χ3n) is 4.64. The molecule has 0 spiro atoms. The van der Waals surface area contributed by atoms with E-state index < -0.39 is 0 Å². The maximum atomic E-state index is 12.5. The van der Waals surface area contributed by atoms with Gasteiger partial charge in [-0.2, -0.15) is 0 Å². The van der Waals surface area contributed by atoms with Gasteiger partial charge in [0.1, 0.15) is 0 Å². The fraction of sp³-hybridized carbons (Fsp3) is 0.444. The van der Waals surface area contributed by atoms with Crippen molar-refractivity contribution in [3.05, 3.63) is 53.1 Å². The van der Waals surface area contributed by atoms with Gasteiger partial charge in [-0.3, -0.25) is 0 Å². The van der Waals surface area contributed by atoms with Crippen LogP contribution in [-0.2, 0) is 13.1 Å². The first-order valence-corrected chi connectivity index (χ1v) is 8.74. The van der Waals surface area contributed by atoms with Crippen molar-refractivity contribution in [2.24, 2.45) is 5.92 Å². The van der Waals surface area contributed by atoms with Gasteiger partial charge in [0.05, 0.1) is 6.33 Å². The van der Waals surface area contributed by atoms with Gasteiger partial charge < -0.3 is 14.8 Å². The van der Waals surface area contributed by atoms with E-state index in [0.29, 0.717) is 12.5 Å². The maximum absolute atomic E-state index is 12.5. The van der Waals surface area contributed by atoms with Gasteiger partial charge in [-0.25, -0.2) is 9.78 Å². The lowest BCUT2D eigenvalue weighted by Gasteiger charge is -2.33. The lowest BCUT2D eigenvalue weighted by atomic mass is 9.98. The molecule has 0 saturated carbocycles. The molecule has 1 aliphatic rings. The smallest absolute Gasteiger partial charge is 0.317 e. The van der Waals surface area contributed by atoms with Crippen LogP contribution in [0.25, 0.3) is 0 Å². The lowest BCUT2D eigenvalue weighted by Crippen LogP contribution is -2.46. The van der Waals surface area contributed by atoms with E-state index in [-0.39, 0.29) is 6.03 Å². The van der Waals surface area contributed by atoms with E-state index in [1.165, 1.54) is 0 Å². The van der Waals surface area contributed by atoms with Crippen LogP contribution in [0, 0.1) is 12.8 Å². The number of imidazole rings is 1. The summed E-state index contributed by atoms with van der Waals surface area (Å²) >= 11 is 6.13. The minimum atomic E-state index is 0.00436. The number of aromatic nitrogens is 2. The van der Waals surface area contributed by atoms with Crippen LogP contribution in [0.3, 0.4) is 0 Å². The molecule has 0 unspecified atom stereocenters. The Kier molecular flexibility index (Phi) is 5.41. The Morgan fingerprint density at radius 2 is 2.33 bits per heavy atom. The Labute approximate surface area is 147 Å². The number of hydrogen-bond acceptors (Lipinski definition) is 2. The van der Waals surface area contributed by atoms with E-state index in [2.05, 4.69) is 14.9 Å². The minimum absolute atomic E-state index is 0.00436. The number of urea groups is 1. The zero-order chi connectivity index (χ0) is 16.9. The van der Waals surface area contributed by atoms with E-state index in [1.807, 2.05) is 42.5 Å². The molecule has 1 saturated heterocycles. The number of rotatable bonds is 4. The van der Waals surface area contributed by atoms with Gasteiger partial charge >= 0.3 is 6.03 Å². The molecule has 3 rings (SSSR count). The van der Waals surface area contributed by atoms with E-state index >= 15 is 0 Å². The Hall–Kier alpha value is -2.01. The largest absolute Gasteiger partial charge is 0.337 e. The van der Waals surface area contributed by atoms with Gasteiger partial charge in [-0.05, 0) is 42.9 Å². The number of halogens is 1. The van der Waals surface area contributed by atoms with Crippen LogP contribution in [0.2, 0.25) is 5.02 Å². The van der Waals surface area contributed by atoms with E-state index in [1.54, 1.807) is 6.20 Å². The average molecular weight is 347 g/mol. The number of nitrogens with one attached hydrogen (secondary N) is 1. The number of amides is 2. The molecule has 1 N–H and O–H groups in total. The molecule has 24 heavy (non-hydrogen) atoms. The molecule has 5 nitrogen and oxygen atoms in total. The van der Waals surface area contributed by atoms with Crippen molar-refractivity contribution in [2.75, 3.05) is 13.1 Å². The molecule has 0 radical (unpaired) electrons. The number of likely N-dealkylation sites (tertiary alicyclic amines) is 1. The molecule has 2 heterocycles. The van der Waals surface area contributed by atoms with Crippen LogP contribution < -0.4 is 5.32 Å². The highest BCUT2D eigenvalue weighted by molar-refractivity contribution is 6.31. The maximum Gasteiger partial charge on any atom is 0.317 e. The molecule has 1 fully saturated rings. The van der Waals surface area contributed by atoms with Gasteiger partial charge in [-0.1, -0.05) is 23.7 Å². The normalized spacial score (nSPS) is 17.8. The third-order valence-corrected chi connectivity index (χ3v) is 5.05. The van der Waals surface area contributed by atoms with Crippen molar-refractivity contribution < 1.29 is 4.79 Å². The Bertz CT molecular complexity index is 686. The van der Waals surface area contributed by atoms with Gasteiger partial charge in [0.15, 0.2) is 0 Å². The van der Waals surface area contributed by atoms with Crippen molar-refractivity contribution in [3.63, 3.8) is 0 Å². The van der Waals surface area contributed by atoms with Gasteiger partial charge in [-0.15, -0.1) is 0 Å². The van der Waals surface area contributed by atoms with Crippen molar-refractivity contribution >= 4 is 17.6 Å². The molecule has 2 aromatic rings. The SMILES string of the molecule is Cc1c(Cl)cccc1CNC(=O)N1CCC[C@@H](Cn2ccnc2)C1. The molecule has 0 aliphatic carbocycles. The first kappa shape index (κ1) is 16.8. The molecule has 6 heteroatoms. The van der Waals surface area contributed by atoms with Crippen LogP contribution in [0.4, 0.5) is 4.79 Å². The van der Waals surface area contributed by atoms with Crippen LogP contribution in [0.5, 0.6) is 0 Å². The van der Waals surface area contributed by atoms with Crippen LogP contribution >= 0.6 is 11.6 Å². The molecule has 2 amide bonds. The summed E-state index contributed by atoms with van der Waals surface area (Å²) in [5.74, 6) is 0.478. The standard InChI is InChI=1S/C18H23ClN4O/c1-14-16(5-2-6-17(14)19)10-21-18(24)23-8-3-4-15(12-23)11-22-9-7-20-13-22/h2,5-7,9,13,15H,3-4,8,10-12H2,1H3,(H,21,24)/t15-/m0/s1. The number of piperidine rings is 1. The predicted molar refractivity (Wildman–Crippen MR) is 94.9 cm³/mol. The second-order valence-corrected chi connectivity index (χ2v) is 6.80. The summed E-state index contributed by atoms with van der Waals surface area (Å²) in [7, 11) is 0. The zero-order valence-electron chi connectivity index (χ0n) is 13.9. The van der Waals surface area contributed by atoms with Crippen molar-refractivity contribution in [2.45, 2.75) is 32.9 Å². The predicted octanol–water partition coefficient (Wildman–Crippen LogP) is 3.47. The molecule has 1 aromatic heterocycles. The number of hydrogen-bond donors (Lipinski definition) is 1. The number of nitrogens with zero attached hydrogens (tertiary/aromatic N) is 3. The first-order chi connectivity index (χ1) is 11.6. The van der Waals surface area contributed by atoms with Crippen LogP contribution in [-0.4, -0.2) is 33.6 Å². The van der Waals surface area contributed by atoms with E-state index in [9.17, 15) is 4.79 Å². The second kappa shape index (κ2) is 7.71. The van der Waals surface area contributed by atoms with Crippen LogP contribution in [0.1, 0.15) is 24.0 Å². The summed E-state index contributed by atoms with van der Waals surface area (Å²) in [5, 5.41) is 3.76. The monoisotopic (exact) mass is 346 g/mol. The molecule has 1 aliphatic heterocycles. The molecular formula is C18H23ClN4O. The Morgan fingerprint density at radius 3 is 3.12 bits per heavy atom. The molecule has 1 aromatic carbocycles. The number of carbonyl (C=O) groups excluding carboxylic acids is 1. The number of carbonyl (C=O) groups is 1. The fourth-order valence-corrected chi connectivity index (χ4v) is 3.41. The summed E-state index contributed by atoms with van der Waals surface area (Å²) in [5.41, 5.74) is 2.08. The Balaban J connectivity index is 1.53. The highest BCUT2D eigenvalue weighted by Crippen LogP contribution is 2.20. The first-order valence-electron chi connectivity index (χ1n) is 8.36. The lowest BCUT2D eigenvalue weighted by molar-refractivity contribution is 0.159. The van der Waals surface area contributed by atoms with Gasteiger partial charge in [0.2, 0.25) is 0 Å². The van der Waals surface area contributed by atoms with Crippen molar-refractivity contribution in [1.29, 1.82) is 0 Å². The van der Waals surface area contributed by atoms with Gasteiger partial charge in [0, 0.05) is 43.6 Å². The topological polar surface area (TPSA) is 50.2 Å². The van der Waals surface area contributed by atoms with E-state index in [4.69, 9.17) is 11.6 Å². The highest BCUT2D eigenvalue weighted by Gasteiger charge is 2.23. The Morgan fingerprint density at radius 1 is 1.46 bits per heavy atom. The van der Waals surface area contributed by atoms with E-state index in [0.717, 1.165) is 48.6 Å². The van der Waals surface area contributed by atoms with Crippen LogP contribution in [0.15, 0.2) is 36.9 Å². The van der Waals surface area contributed by atoms with Crippen molar-refractivity contribution in [1.82, 2.24) is 19.8 Å². The van der Waals surface area contributed by atoms with Gasteiger partial charge in [0.25, 0.3) is 0 Å². The molecule has 1 atom stereocenters.